The van der Waals surface area contributed by atoms with Crippen LogP contribution in [0.3, 0.4) is 0 Å². The number of unbranched alkanes of at least 4 members (excludes halogenated alkanes) is 3. The van der Waals surface area contributed by atoms with Crippen molar-refractivity contribution in [3.8, 4) is 11.5 Å². The lowest BCUT2D eigenvalue weighted by atomic mass is 9.78. The van der Waals surface area contributed by atoms with E-state index in [-0.39, 0.29) is 5.97 Å². The van der Waals surface area contributed by atoms with Gasteiger partial charge in [0.2, 0.25) is 0 Å². The molecule has 0 radical (unpaired) electrons. The molecular formula is C31H42O3. The first-order valence-electron chi connectivity index (χ1n) is 13.3. The molecule has 3 heteroatoms. The van der Waals surface area contributed by atoms with Gasteiger partial charge in [0.1, 0.15) is 11.5 Å². The molecule has 0 N–H and O–H groups in total. The van der Waals surface area contributed by atoms with Gasteiger partial charge in [0, 0.05) is 0 Å². The molecule has 0 saturated heterocycles. The van der Waals surface area contributed by atoms with Gasteiger partial charge in [0.25, 0.3) is 0 Å². The maximum absolute atomic E-state index is 12.5. The number of benzene rings is 2. The lowest BCUT2D eigenvalue weighted by molar-refractivity contribution is 0.0734. The summed E-state index contributed by atoms with van der Waals surface area (Å²) in [6.45, 7) is 6.73. The zero-order valence-corrected chi connectivity index (χ0v) is 21.0. The molecule has 1 saturated carbocycles. The summed E-state index contributed by atoms with van der Waals surface area (Å²) >= 11 is 0. The summed E-state index contributed by atoms with van der Waals surface area (Å²) in [5.41, 5.74) is 1.85. The van der Waals surface area contributed by atoms with Crippen molar-refractivity contribution in [2.45, 2.75) is 84.0 Å². The first-order chi connectivity index (χ1) is 16.7. The minimum absolute atomic E-state index is 0.340. The highest BCUT2D eigenvalue weighted by molar-refractivity contribution is 5.91. The fourth-order valence-electron chi connectivity index (χ4n) is 4.92. The molecule has 3 nitrogen and oxygen atoms in total. The smallest absolute Gasteiger partial charge is 0.343 e. The quantitative estimate of drug-likeness (QED) is 0.122. The fourth-order valence-corrected chi connectivity index (χ4v) is 4.92. The van der Waals surface area contributed by atoms with Crippen molar-refractivity contribution >= 4 is 5.97 Å². The molecule has 2 aromatic rings. The minimum Gasteiger partial charge on any atom is -0.494 e. The Hall–Kier alpha value is -2.55. The van der Waals surface area contributed by atoms with E-state index in [0.717, 1.165) is 49.7 Å². The van der Waals surface area contributed by atoms with E-state index in [1.807, 2.05) is 30.3 Å². The first-order valence-corrected chi connectivity index (χ1v) is 13.3. The van der Waals surface area contributed by atoms with Crippen LogP contribution in [0.2, 0.25) is 0 Å². The van der Waals surface area contributed by atoms with Gasteiger partial charge < -0.3 is 9.47 Å². The second kappa shape index (κ2) is 14.7. The number of rotatable bonds is 14. The van der Waals surface area contributed by atoms with Gasteiger partial charge in [-0.1, -0.05) is 63.7 Å². The molecule has 1 aliphatic rings. The van der Waals surface area contributed by atoms with Gasteiger partial charge >= 0.3 is 5.97 Å². The maximum Gasteiger partial charge on any atom is 0.343 e. The zero-order valence-electron chi connectivity index (χ0n) is 21.0. The number of ether oxygens (including phenoxy) is 2. The van der Waals surface area contributed by atoms with Crippen LogP contribution in [-0.2, 0) is 6.42 Å². The summed E-state index contributed by atoms with van der Waals surface area (Å²) in [6.07, 6.45) is 17.0. The Labute approximate surface area is 206 Å². The predicted molar refractivity (Wildman–Crippen MR) is 141 cm³/mol. The highest BCUT2D eigenvalue weighted by Crippen LogP contribution is 2.34. The predicted octanol–water partition coefficient (Wildman–Crippen LogP) is 8.57. The summed E-state index contributed by atoms with van der Waals surface area (Å²) in [4.78, 5) is 12.5. The molecule has 1 aliphatic carbocycles. The summed E-state index contributed by atoms with van der Waals surface area (Å²) in [5.74, 6) is 2.87. The summed E-state index contributed by atoms with van der Waals surface area (Å²) in [5, 5.41) is 0. The van der Waals surface area contributed by atoms with E-state index < -0.39 is 0 Å². The number of allylic oxidation sites excluding steroid dienone is 1. The van der Waals surface area contributed by atoms with Crippen molar-refractivity contribution < 1.29 is 14.3 Å². The number of aryl methyl sites for hydroxylation is 1. The van der Waals surface area contributed by atoms with Crippen LogP contribution < -0.4 is 9.47 Å². The van der Waals surface area contributed by atoms with Crippen molar-refractivity contribution in [3.05, 3.63) is 72.3 Å². The molecule has 0 heterocycles. The fraction of sp³-hybridized carbons (Fsp3) is 0.516. The zero-order chi connectivity index (χ0) is 24.0. The SMILES string of the molecule is C=CCCCCCOc1ccc(C(=O)Oc2ccc(CCC3CCC(CCC)CC3)cc2)cc1. The van der Waals surface area contributed by atoms with Crippen LogP contribution in [-0.4, -0.2) is 12.6 Å². The normalized spacial score (nSPS) is 17.8. The molecule has 3 rings (SSSR count). The maximum atomic E-state index is 12.5. The number of esters is 1. The van der Waals surface area contributed by atoms with Crippen LogP contribution in [0.25, 0.3) is 0 Å². The van der Waals surface area contributed by atoms with Gasteiger partial charge in [-0.3, -0.25) is 0 Å². The monoisotopic (exact) mass is 462 g/mol. The van der Waals surface area contributed by atoms with Crippen molar-refractivity contribution in [1.29, 1.82) is 0 Å². The Morgan fingerprint density at radius 2 is 1.53 bits per heavy atom. The summed E-state index contributed by atoms with van der Waals surface area (Å²) in [6, 6.07) is 15.2. The second-order valence-corrected chi connectivity index (χ2v) is 9.76. The Morgan fingerprint density at radius 3 is 2.18 bits per heavy atom. The highest BCUT2D eigenvalue weighted by atomic mass is 16.5. The Morgan fingerprint density at radius 1 is 0.882 bits per heavy atom. The average Bonchev–Trinajstić information content (AvgIpc) is 2.87. The Kier molecular flexibility index (Phi) is 11.2. The largest absolute Gasteiger partial charge is 0.494 e. The third kappa shape index (κ3) is 9.00. The molecule has 0 unspecified atom stereocenters. The molecule has 2 aromatic carbocycles. The standard InChI is InChI=1S/C31H42O3/c1-3-5-6-7-8-24-33-29-22-18-28(19-23-29)31(32)34-30-20-16-27(17-21-30)15-14-26-12-10-25(9-4-2)11-13-26/h3,16-23,25-26H,1,4-15,24H2,2H3. The number of hydrogen-bond donors (Lipinski definition) is 0. The van der Waals surface area contributed by atoms with Crippen molar-refractivity contribution in [3.63, 3.8) is 0 Å². The number of hydrogen-bond acceptors (Lipinski definition) is 3. The number of carbonyl (C=O) groups excluding carboxylic acids is 1. The van der Waals surface area contributed by atoms with Crippen molar-refractivity contribution in [2.24, 2.45) is 11.8 Å². The van der Waals surface area contributed by atoms with Crippen LogP contribution in [0.15, 0.2) is 61.2 Å². The van der Waals surface area contributed by atoms with Crippen LogP contribution in [0.4, 0.5) is 0 Å². The first kappa shape index (κ1) is 26.1. The molecular weight excluding hydrogens is 420 g/mol. The minimum atomic E-state index is -0.340. The second-order valence-electron chi connectivity index (χ2n) is 9.76. The van der Waals surface area contributed by atoms with Crippen LogP contribution in [0, 0.1) is 11.8 Å². The van der Waals surface area contributed by atoms with Gasteiger partial charge in [-0.25, -0.2) is 4.79 Å². The van der Waals surface area contributed by atoms with Gasteiger partial charge in [0.05, 0.1) is 12.2 Å². The third-order valence-electron chi connectivity index (χ3n) is 7.05. The van der Waals surface area contributed by atoms with Crippen molar-refractivity contribution in [1.82, 2.24) is 0 Å². The summed E-state index contributed by atoms with van der Waals surface area (Å²) in [7, 11) is 0. The van der Waals surface area contributed by atoms with E-state index in [2.05, 4.69) is 25.6 Å². The van der Waals surface area contributed by atoms with Gasteiger partial charge in [0.15, 0.2) is 0 Å². The average molecular weight is 463 g/mol. The van der Waals surface area contributed by atoms with Crippen LogP contribution >= 0.6 is 0 Å². The lowest BCUT2D eigenvalue weighted by Gasteiger charge is -2.28. The summed E-state index contributed by atoms with van der Waals surface area (Å²) < 4.78 is 11.3. The number of carbonyl (C=O) groups is 1. The van der Waals surface area contributed by atoms with E-state index in [4.69, 9.17) is 9.47 Å². The van der Waals surface area contributed by atoms with E-state index >= 15 is 0 Å². The van der Waals surface area contributed by atoms with E-state index in [1.54, 1.807) is 12.1 Å². The van der Waals surface area contributed by atoms with E-state index in [0.29, 0.717) is 17.9 Å². The third-order valence-corrected chi connectivity index (χ3v) is 7.05. The molecule has 0 aliphatic heterocycles. The molecule has 34 heavy (non-hydrogen) atoms. The molecule has 0 aromatic heterocycles. The molecule has 0 spiro atoms. The van der Waals surface area contributed by atoms with Gasteiger partial charge in [-0.15, -0.1) is 6.58 Å². The molecule has 184 valence electrons. The van der Waals surface area contributed by atoms with Gasteiger partial charge in [-0.2, -0.15) is 0 Å². The molecule has 0 atom stereocenters. The molecule has 0 bridgehead atoms. The van der Waals surface area contributed by atoms with Crippen LogP contribution in [0.5, 0.6) is 11.5 Å². The topological polar surface area (TPSA) is 35.5 Å². The molecule has 0 amide bonds. The Bertz CT molecular complexity index is 845. The lowest BCUT2D eigenvalue weighted by Crippen LogP contribution is -2.15. The van der Waals surface area contributed by atoms with Crippen molar-refractivity contribution in [2.75, 3.05) is 6.61 Å². The highest BCUT2D eigenvalue weighted by Gasteiger charge is 2.20. The van der Waals surface area contributed by atoms with E-state index in [1.165, 1.54) is 50.5 Å². The molecule has 1 fully saturated rings. The van der Waals surface area contributed by atoms with Crippen LogP contribution in [0.1, 0.15) is 93.5 Å². The van der Waals surface area contributed by atoms with Gasteiger partial charge in [-0.05, 0) is 92.3 Å². The van der Waals surface area contributed by atoms with E-state index in [9.17, 15) is 4.79 Å². The Balaban J connectivity index is 1.37.